The molecular weight excluding hydrogens is 337 g/mol. The van der Waals surface area contributed by atoms with Gasteiger partial charge in [-0.1, -0.05) is 0 Å². The molecule has 1 rings (SSSR count). The topological polar surface area (TPSA) is 59.4 Å². The fourth-order valence-corrected chi connectivity index (χ4v) is 1.94. The molecule has 18 heavy (non-hydrogen) atoms. The lowest BCUT2D eigenvalue weighted by Gasteiger charge is -2.08. The molecule has 0 spiro atoms. The molecule has 0 unspecified atom stereocenters. The van der Waals surface area contributed by atoms with Crippen molar-refractivity contribution in [2.75, 3.05) is 12.5 Å². The van der Waals surface area contributed by atoms with E-state index in [1.807, 2.05) is 0 Å². The largest absolute Gasteiger partial charge is 0.434 e. The number of aromatic nitrogens is 1. The Kier molecular flexibility index (Phi) is 4.16. The van der Waals surface area contributed by atoms with Gasteiger partial charge in [-0.3, -0.25) is 4.79 Å². The lowest BCUT2D eigenvalue weighted by molar-refractivity contribution is -0.141. The second kappa shape index (κ2) is 4.96. The molecule has 0 saturated carbocycles. The van der Waals surface area contributed by atoms with E-state index in [9.17, 15) is 22.2 Å². The van der Waals surface area contributed by atoms with Crippen molar-refractivity contribution in [1.29, 1.82) is 0 Å². The van der Waals surface area contributed by atoms with E-state index in [1.165, 1.54) is 12.5 Å². The third kappa shape index (κ3) is 4.05. The number of alkyl halides is 3. The highest BCUT2D eigenvalue weighted by Crippen LogP contribution is 2.33. The van der Waals surface area contributed by atoms with Gasteiger partial charge in [0.25, 0.3) is 0 Å². The molecule has 4 nitrogen and oxygen atoms in total. The molecule has 1 amide bonds. The molecule has 0 fully saturated rings. The van der Waals surface area contributed by atoms with E-state index < -0.39 is 33.2 Å². The number of rotatable bonds is 1. The smallest absolute Gasteiger partial charge is 0.264 e. The minimum atomic E-state index is -4.69. The summed E-state index contributed by atoms with van der Waals surface area (Å²) in [5.74, 6) is -1.04. The molecule has 1 heterocycles. The summed E-state index contributed by atoms with van der Waals surface area (Å²) in [4.78, 5) is 14.6. The van der Waals surface area contributed by atoms with Crippen LogP contribution in [0.3, 0.4) is 0 Å². The van der Waals surface area contributed by atoms with Crippen molar-refractivity contribution < 1.29 is 22.2 Å². The van der Waals surface area contributed by atoms with Gasteiger partial charge < -0.3 is 0 Å². The Hall–Kier alpha value is -0.960. The maximum absolute atomic E-state index is 12.5. The average molecular weight is 345 g/mol. The summed E-state index contributed by atoms with van der Waals surface area (Å²) in [6, 6.07) is 2.13. The van der Waals surface area contributed by atoms with Gasteiger partial charge in [-0.2, -0.15) is 17.5 Å². The average Bonchev–Trinajstić information content (AvgIpc) is 2.13. The predicted octanol–water partition coefficient (Wildman–Crippen LogP) is 2.73. The van der Waals surface area contributed by atoms with Crippen LogP contribution >= 0.6 is 15.9 Å². The van der Waals surface area contributed by atoms with Crippen LogP contribution in [0.2, 0.25) is 0 Å². The van der Waals surface area contributed by atoms with Gasteiger partial charge in [-0.15, -0.1) is 0 Å². The van der Waals surface area contributed by atoms with Gasteiger partial charge in [0.1, 0.15) is 5.69 Å². The third-order valence-corrected chi connectivity index (χ3v) is 2.88. The number of carbonyl (C=O) groups is 1. The highest BCUT2D eigenvalue weighted by molar-refractivity contribution is 9.10. The summed E-state index contributed by atoms with van der Waals surface area (Å²) < 4.78 is 51.9. The fourth-order valence-electron chi connectivity index (χ4n) is 1.01. The van der Waals surface area contributed by atoms with Crippen molar-refractivity contribution in [2.24, 2.45) is 4.36 Å². The van der Waals surface area contributed by atoms with Crippen molar-refractivity contribution in [1.82, 2.24) is 4.98 Å². The van der Waals surface area contributed by atoms with E-state index >= 15 is 0 Å². The van der Waals surface area contributed by atoms with Crippen molar-refractivity contribution in [3.05, 3.63) is 28.0 Å². The standard InChI is InChI=1S/C9H8BrF3N2O2S/c1-18(2,17)15-8(16)6-4-3-5(10)7(14-6)9(11,12)13/h3-4H,1-2H3. The van der Waals surface area contributed by atoms with E-state index in [0.717, 1.165) is 12.1 Å². The van der Waals surface area contributed by atoms with Crippen LogP contribution in [0.5, 0.6) is 0 Å². The first-order valence-electron chi connectivity index (χ1n) is 4.46. The van der Waals surface area contributed by atoms with Crippen LogP contribution in [-0.4, -0.2) is 27.6 Å². The second-order valence-corrected chi connectivity index (χ2v) is 7.00. The van der Waals surface area contributed by atoms with Crippen molar-refractivity contribution >= 4 is 31.6 Å². The fraction of sp³-hybridized carbons (Fsp3) is 0.333. The number of nitrogens with zero attached hydrogens (tertiary/aromatic N) is 2. The van der Waals surface area contributed by atoms with Crippen LogP contribution in [0.4, 0.5) is 13.2 Å². The van der Waals surface area contributed by atoms with E-state index in [2.05, 4.69) is 25.3 Å². The number of pyridine rings is 1. The monoisotopic (exact) mass is 344 g/mol. The van der Waals surface area contributed by atoms with Crippen molar-refractivity contribution in [3.8, 4) is 0 Å². The summed E-state index contributed by atoms with van der Waals surface area (Å²) >= 11 is 2.70. The predicted molar refractivity (Wildman–Crippen MR) is 63.7 cm³/mol. The first kappa shape index (κ1) is 15.1. The molecule has 0 atom stereocenters. The lowest BCUT2D eigenvalue weighted by atomic mass is 10.3. The van der Waals surface area contributed by atoms with Crippen LogP contribution in [0.1, 0.15) is 16.2 Å². The van der Waals surface area contributed by atoms with E-state index in [1.54, 1.807) is 0 Å². The minimum Gasteiger partial charge on any atom is -0.264 e. The summed E-state index contributed by atoms with van der Waals surface area (Å²) in [6.07, 6.45) is -2.28. The summed E-state index contributed by atoms with van der Waals surface area (Å²) in [6.45, 7) is 0. The van der Waals surface area contributed by atoms with Crippen LogP contribution in [-0.2, 0) is 15.9 Å². The van der Waals surface area contributed by atoms with E-state index in [0.29, 0.717) is 0 Å². The van der Waals surface area contributed by atoms with E-state index in [-0.39, 0.29) is 4.47 Å². The number of hydrogen-bond acceptors (Lipinski definition) is 3. The van der Waals surface area contributed by atoms with Gasteiger partial charge in [0, 0.05) is 26.7 Å². The maximum Gasteiger partial charge on any atom is 0.434 e. The molecule has 9 heteroatoms. The quantitative estimate of drug-likeness (QED) is 0.786. The molecule has 0 N–H and O–H groups in total. The molecule has 1 aromatic heterocycles. The zero-order valence-corrected chi connectivity index (χ0v) is 11.7. The van der Waals surface area contributed by atoms with Crippen LogP contribution < -0.4 is 0 Å². The lowest BCUT2D eigenvalue weighted by Crippen LogP contribution is -2.13. The minimum absolute atomic E-state index is 0.278. The zero-order valence-electron chi connectivity index (χ0n) is 9.29. The Bertz CT molecular complexity index is 598. The number of hydrogen-bond donors (Lipinski definition) is 0. The molecule has 1 aromatic rings. The van der Waals surface area contributed by atoms with Gasteiger partial charge >= 0.3 is 12.1 Å². The van der Waals surface area contributed by atoms with Crippen LogP contribution in [0, 0.1) is 0 Å². The SMILES string of the molecule is CS(C)(=O)=NC(=O)c1ccc(Br)c(C(F)(F)F)n1. The normalized spacial score (nSPS) is 12.3. The Morgan fingerprint density at radius 1 is 1.39 bits per heavy atom. The Balaban J connectivity index is 3.31. The third-order valence-electron chi connectivity index (χ3n) is 1.64. The molecular formula is C9H8BrF3N2O2S. The Morgan fingerprint density at radius 3 is 2.39 bits per heavy atom. The van der Waals surface area contributed by atoms with Gasteiger partial charge in [0.05, 0.1) is 0 Å². The molecule has 100 valence electrons. The molecule has 0 aliphatic heterocycles. The van der Waals surface area contributed by atoms with Crippen LogP contribution in [0.25, 0.3) is 0 Å². The first-order chi connectivity index (χ1) is 8.00. The molecule has 0 aliphatic rings. The summed E-state index contributed by atoms with van der Waals surface area (Å²) in [5, 5.41) is 0. The molecule has 0 bridgehead atoms. The molecule has 0 aliphatic carbocycles. The van der Waals surface area contributed by atoms with Gasteiger partial charge in [-0.25, -0.2) is 9.19 Å². The molecule has 0 aromatic carbocycles. The second-order valence-electron chi connectivity index (χ2n) is 3.60. The number of amides is 1. The Labute approximate surface area is 110 Å². The van der Waals surface area contributed by atoms with Gasteiger partial charge in [-0.05, 0) is 28.1 Å². The van der Waals surface area contributed by atoms with Gasteiger partial charge in [0.2, 0.25) is 0 Å². The highest BCUT2D eigenvalue weighted by atomic mass is 79.9. The van der Waals surface area contributed by atoms with E-state index in [4.69, 9.17) is 0 Å². The highest BCUT2D eigenvalue weighted by Gasteiger charge is 2.35. The number of halogens is 4. The van der Waals surface area contributed by atoms with Gasteiger partial charge in [0.15, 0.2) is 5.69 Å². The van der Waals surface area contributed by atoms with Crippen LogP contribution in [0.15, 0.2) is 21.0 Å². The molecule has 0 saturated heterocycles. The molecule has 0 radical (unpaired) electrons. The summed E-state index contributed by atoms with van der Waals surface area (Å²) in [7, 11) is -2.74. The summed E-state index contributed by atoms with van der Waals surface area (Å²) in [5.41, 5.74) is -1.72. The number of carbonyl (C=O) groups excluding carboxylic acids is 1. The zero-order chi connectivity index (χ0) is 14.1. The van der Waals surface area contributed by atoms with Crippen molar-refractivity contribution in [2.45, 2.75) is 6.18 Å². The maximum atomic E-state index is 12.5. The Morgan fingerprint density at radius 2 is 1.94 bits per heavy atom. The van der Waals surface area contributed by atoms with Crippen molar-refractivity contribution in [3.63, 3.8) is 0 Å². The first-order valence-corrected chi connectivity index (χ1v) is 7.58.